The molecule has 0 unspecified atom stereocenters. The van der Waals surface area contributed by atoms with E-state index in [1.54, 1.807) is 30.3 Å². The zero-order valence-electron chi connectivity index (χ0n) is 9.74. The van der Waals surface area contributed by atoms with E-state index in [1.165, 1.54) is 18.2 Å². The third kappa shape index (κ3) is 2.90. The van der Waals surface area contributed by atoms with E-state index >= 15 is 0 Å². The van der Waals surface area contributed by atoms with Crippen molar-refractivity contribution < 1.29 is 24.5 Å². The van der Waals surface area contributed by atoms with E-state index in [1.807, 2.05) is 0 Å². The highest BCUT2D eigenvalue weighted by molar-refractivity contribution is 5.94. The van der Waals surface area contributed by atoms with Crippen molar-refractivity contribution in [3.63, 3.8) is 0 Å². The summed E-state index contributed by atoms with van der Waals surface area (Å²) in [6.07, 6.45) is 0. The monoisotopic (exact) mass is 258 g/mol. The second-order valence-electron chi connectivity index (χ2n) is 3.74. The van der Waals surface area contributed by atoms with E-state index in [4.69, 9.17) is 14.9 Å². The van der Waals surface area contributed by atoms with Crippen molar-refractivity contribution in [2.75, 3.05) is 0 Å². The molecule has 0 spiro atoms. The first kappa shape index (κ1) is 12.6. The van der Waals surface area contributed by atoms with E-state index < -0.39 is 11.9 Å². The van der Waals surface area contributed by atoms with Gasteiger partial charge in [0.05, 0.1) is 5.56 Å². The lowest BCUT2D eigenvalue weighted by molar-refractivity contribution is 0.0678. The van der Waals surface area contributed by atoms with Crippen LogP contribution in [0.25, 0.3) is 0 Å². The van der Waals surface area contributed by atoms with Gasteiger partial charge >= 0.3 is 11.9 Å². The summed E-state index contributed by atoms with van der Waals surface area (Å²) in [6.45, 7) is 0. The van der Waals surface area contributed by atoms with Crippen LogP contribution >= 0.6 is 0 Å². The summed E-state index contributed by atoms with van der Waals surface area (Å²) in [6, 6.07) is 12.2. The van der Waals surface area contributed by atoms with Crippen LogP contribution in [-0.4, -0.2) is 22.2 Å². The van der Waals surface area contributed by atoms with Crippen molar-refractivity contribution in [1.82, 2.24) is 0 Å². The Hall–Kier alpha value is -2.82. The molecule has 5 nitrogen and oxygen atoms in total. The fraction of sp³-hybridized carbons (Fsp3) is 0. The highest BCUT2D eigenvalue weighted by Crippen LogP contribution is 2.26. The second-order valence-corrected chi connectivity index (χ2v) is 3.74. The SMILES string of the molecule is O=C(O)c1ccc(C(=O)O)c(Oc2ccccc2)c1. The maximum atomic E-state index is 11.1. The number of hydrogen-bond donors (Lipinski definition) is 2. The van der Waals surface area contributed by atoms with Crippen LogP contribution in [0.4, 0.5) is 0 Å². The highest BCUT2D eigenvalue weighted by atomic mass is 16.5. The third-order valence-corrected chi connectivity index (χ3v) is 2.43. The van der Waals surface area contributed by atoms with Gasteiger partial charge in [-0.3, -0.25) is 0 Å². The van der Waals surface area contributed by atoms with Gasteiger partial charge in [-0.25, -0.2) is 9.59 Å². The van der Waals surface area contributed by atoms with Gasteiger partial charge in [-0.05, 0) is 30.3 Å². The molecule has 2 N–H and O–H groups in total. The topological polar surface area (TPSA) is 83.8 Å². The van der Waals surface area contributed by atoms with Crippen LogP contribution in [-0.2, 0) is 0 Å². The first-order chi connectivity index (χ1) is 9.08. The van der Waals surface area contributed by atoms with Crippen LogP contribution in [0.5, 0.6) is 11.5 Å². The fourth-order valence-electron chi connectivity index (χ4n) is 1.53. The molecule has 0 aromatic heterocycles. The lowest BCUT2D eigenvalue weighted by Crippen LogP contribution is -2.03. The fourth-order valence-corrected chi connectivity index (χ4v) is 1.53. The number of carboxylic acid groups (broad SMARTS) is 2. The Kier molecular flexibility index (Phi) is 3.47. The molecule has 0 amide bonds. The predicted octanol–water partition coefficient (Wildman–Crippen LogP) is 2.88. The van der Waals surface area contributed by atoms with Gasteiger partial charge in [0, 0.05) is 0 Å². The van der Waals surface area contributed by atoms with Crippen molar-refractivity contribution >= 4 is 11.9 Å². The Bertz CT molecular complexity index is 619. The molecule has 5 heteroatoms. The van der Waals surface area contributed by atoms with E-state index in [2.05, 4.69) is 0 Å². The first-order valence-corrected chi connectivity index (χ1v) is 5.41. The number of carboxylic acids is 2. The largest absolute Gasteiger partial charge is 0.478 e. The number of aromatic carboxylic acids is 2. The molecular formula is C14H10O5. The summed E-state index contributed by atoms with van der Waals surface area (Å²) in [7, 11) is 0. The normalized spacial score (nSPS) is 9.89. The minimum atomic E-state index is -1.18. The van der Waals surface area contributed by atoms with Gasteiger partial charge in [0.1, 0.15) is 17.1 Å². The number of para-hydroxylation sites is 1. The maximum absolute atomic E-state index is 11.1. The molecule has 0 radical (unpaired) electrons. The quantitative estimate of drug-likeness (QED) is 0.880. The van der Waals surface area contributed by atoms with Crippen molar-refractivity contribution in [3.05, 3.63) is 59.7 Å². The molecule has 0 fully saturated rings. The number of carbonyl (C=O) groups is 2. The summed E-state index contributed by atoms with van der Waals surface area (Å²) in [5.41, 5.74) is -0.121. The zero-order chi connectivity index (χ0) is 13.8. The van der Waals surface area contributed by atoms with E-state index in [0.717, 1.165) is 0 Å². The Labute approximate surface area is 108 Å². The molecule has 0 aliphatic rings. The summed E-state index contributed by atoms with van der Waals surface area (Å²) in [5.74, 6) is -1.89. The highest BCUT2D eigenvalue weighted by Gasteiger charge is 2.15. The van der Waals surface area contributed by atoms with Gasteiger partial charge in [-0.15, -0.1) is 0 Å². The first-order valence-electron chi connectivity index (χ1n) is 5.41. The van der Waals surface area contributed by atoms with Crippen LogP contribution in [0.2, 0.25) is 0 Å². The molecule has 2 aromatic rings. The van der Waals surface area contributed by atoms with Crippen molar-refractivity contribution in [1.29, 1.82) is 0 Å². The molecule has 0 heterocycles. The maximum Gasteiger partial charge on any atom is 0.339 e. The molecule has 0 saturated heterocycles. The molecule has 96 valence electrons. The number of benzene rings is 2. The Morgan fingerprint density at radius 2 is 1.58 bits per heavy atom. The van der Waals surface area contributed by atoms with Crippen LogP contribution in [0.3, 0.4) is 0 Å². The van der Waals surface area contributed by atoms with Crippen molar-refractivity contribution in [3.8, 4) is 11.5 Å². The Balaban J connectivity index is 2.43. The smallest absolute Gasteiger partial charge is 0.339 e. The molecule has 19 heavy (non-hydrogen) atoms. The summed E-state index contributed by atoms with van der Waals surface area (Å²) in [5, 5.41) is 17.9. The van der Waals surface area contributed by atoms with Gasteiger partial charge in [-0.2, -0.15) is 0 Å². The molecule has 0 atom stereocenters. The third-order valence-electron chi connectivity index (χ3n) is 2.43. The van der Waals surface area contributed by atoms with Gasteiger partial charge in [0.2, 0.25) is 0 Å². The Morgan fingerprint density at radius 1 is 0.895 bits per heavy atom. The van der Waals surface area contributed by atoms with Gasteiger partial charge in [0.15, 0.2) is 0 Å². The number of hydrogen-bond acceptors (Lipinski definition) is 3. The molecule has 2 rings (SSSR count). The van der Waals surface area contributed by atoms with Crippen molar-refractivity contribution in [2.45, 2.75) is 0 Å². The van der Waals surface area contributed by atoms with Gasteiger partial charge in [0.25, 0.3) is 0 Å². The van der Waals surface area contributed by atoms with E-state index in [9.17, 15) is 9.59 Å². The molecule has 0 aliphatic heterocycles. The second kappa shape index (κ2) is 5.22. The summed E-state index contributed by atoms with van der Waals surface area (Å²) in [4.78, 5) is 21.9. The number of rotatable bonds is 4. The molecule has 0 saturated carbocycles. The van der Waals surface area contributed by atoms with Crippen LogP contribution < -0.4 is 4.74 Å². The van der Waals surface area contributed by atoms with Crippen LogP contribution in [0.15, 0.2) is 48.5 Å². The molecular weight excluding hydrogens is 248 g/mol. The average Bonchev–Trinajstić information content (AvgIpc) is 2.39. The standard InChI is InChI=1S/C14H10O5/c15-13(16)9-6-7-11(14(17)18)12(8-9)19-10-4-2-1-3-5-10/h1-8H,(H,15,16)(H,17,18). The molecule has 0 aliphatic carbocycles. The predicted molar refractivity (Wildman–Crippen MR) is 66.9 cm³/mol. The minimum Gasteiger partial charge on any atom is -0.478 e. The van der Waals surface area contributed by atoms with E-state index in [-0.39, 0.29) is 16.9 Å². The lowest BCUT2D eigenvalue weighted by atomic mass is 10.1. The minimum absolute atomic E-state index is 0.00130. The van der Waals surface area contributed by atoms with Gasteiger partial charge < -0.3 is 14.9 Å². The average molecular weight is 258 g/mol. The number of ether oxygens (including phenoxy) is 1. The summed E-state index contributed by atoms with van der Waals surface area (Å²) >= 11 is 0. The van der Waals surface area contributed by atoms with Gasteiger partial charge in [-0.1, -0.05) is 18.2 Å². The van der Waals surface area contributed by atoms with Crippen LogP contribution in [0.1, 0.15) is 20.7 Å². The Morgan fingerprint density at radius 3 is 2.16 bits per heavy atom. The molecule has 0 bridgehead atoms. The lowest BCUT2D eigenvalue weighted by Gasteiger charge is -2.09. The zero-order valence-corrected chi connectivity index (χ0v) is 9.74. The van der Waals surface area contributed by atoms with E-state index in [0.29, 0.717) is 5.75 Å². The van der Waals surface area contributed by atoms with Crippen LogP contribution in [0, 0.1) is 0 Å². The van der Waals surface area contributed by atoms with Crippen molar-refractivity contribution in [2.24, 2.45) is 0 Å². The molecule has 2 aromatic carbocycles. The summed E-state index contributed by atoms with van der Waals surface area (Å²) < 4.78 is 5.42.